The lowest BCUT2D eigenvalue weighted by Gasteiger charge is -2.08. The van der Waals surface area contributed by atoms with Crippen LogP contribution in [0.25, 0.3) is 11.6 Å². The second-order valence-electron chi connectivity index (χ2n) is 5.04. The topological polar surface area (TPSA) is 0 Å². The van der Waals surface area contributed by atoms with Gasteiger partial charge in [0, 0.05) is 0 Å². The molecule has 2 aromatic rings. The van der Waals surface area contributed by atoms with Gasteiger partial charge in [0.1, 0.15) is 0 Å². The van der Waals surface area contributed by atoms with Crippen molar-refractivity contribution in [2.24, 2.45) is 0 Å². The van der Waals surface area contributed by atoms with Gasteiger partial charge in [0.05, 0.1) is 0 Å². The highest BCUT2D eigenvalue weighted by atomic mass is 14.1. The Labute approximate surface area is 126 Å². The van der Waals surface area contributed by atoms with Gasteiger partial charge in [-0.1, -0.05) is 97.1 Å². The minimum Gasteiger partial charge on any atom is -0.0801 e. The van der Waals surface area contributed by atoms with Crippen molar-refractivity contribution in [3.05, 3.63) is 108 Å². The summed E-state index contributed by atoms with van der Waals surface area (Å²) < 4.78 is 0. The van der Waals surface area contributed by atoms with Crippen molar-refractivity contribution in [3.8, 4) is 0 Å². The molecule has 0 bridgehead atoms. The van der Waals surface area contributed by atoms with E-state index in [1.54, 1.807) is 0 Å². The van der Waals surface area contributed by atoms with Crippen LogP contribution in [0.4, 0.5) is 0 Å². The molecule has 0 aromatic heterocycles. The number of hydrogen-bond donors (Lipinski definition) is 0. The van der Waals surface area contributed by atoms with Crippen molar-refractivity contribution in [3.63, 3.8) is 0 Å². The molecule has 1 aliphatic carbocycles. The Hall–Kier alpha value is -2.60. The molecule has 0 amide bonds. The van der Waals surface area contributed by atoms with E-state index in [9.17, 15) is 0 Å². The van der Waals surface area contributed by atoms with Crippen molar-refractivity contribution in [2.75, 3.05) is 0 Å². The molecule has 21 heavy (non-hydrogen) atoms. The van der Waals surface area contributed by atoms with Gasteiger partial charge >= 0.3 is 0 Å². The van der Waals surface area contributed by atoms with E-state index in [1.807, 2.05) is 6.07 Å². The van der Waals surface area contributed by atoms with Crippen LogP contribution >= 0.6 is 0 Å². The van der Waals surface area contributed by atoms with Gasteiger partial charge in [0.25, 0.3) is 0 Å². The quantitative estimate of drug-likeness (QED) is 0.628. The fraction of sp³-hybridized carbons (Fsp3) is 0.0476. The Morgan fingerprint density at radius 3 is 2.24 bits per heavy atom. The van der Waals surface area contributed by atoms with Gasteiger partial charge in [-0.2, -0.15) is 0 Å². The minimum atomic E-state index is 1.01. The standard InChI is InChI=1S/C21H18/c1-3-10-18(11-4-1)12-9-17-21(20-15-7-8-16-20)19-13-5-2-6-14-19/h1-15,17H,16H2. The molecule has 0 N–H and O–H groups in total. The maximum atomic E-state index is 2.21. The first-order valence-electron chi connectivity index (χ1n) is 7.28. The van der Waals surface area contributed by atoms with E-state index in [-0.39, 0.29) is 0 Å². The summed E-state index contributed by atoms with van der Waals surface area (Å²) in [4.78, 5) is 0. The highest BCUT2D eigenvalue weighted by Gasteiger charge is 2.07. The lowest BCUT2D eigenvalue weighted by atomic mass is 9.96. The second kappa shape index (κ2) is 6.71. The lowest BCUT2D eigenvalue weighted by Crippen LogP contribution is -1.87. The molecule has 0 spiro atoms. The van der Waals surface area contributed by atoms with Crippen LogP contribution in [0.15, 0.2) is 96.6 Å². The van der Waals surface area contributed by atoms with Gasteiger partial charge in [-0.3, -0.25) is 0 Å². The van der Waals surface area contributed by atoms with Gasteiger partial charge in [-0.15, -0.1) is 0 Å². The molecule has 0 radical (unpaired) electrons. The molecule has 0 nitrogen and oxygen atoms in total. The molecule has 1 aliphatic rings. The molecule has 2 aromatic carbocycles. The molecule has 0 saturated heterocycles. The Bertz CT molecular complexity index is 698. The zero-order valence-corrected chi connectivity index (χ0v) is 11.9. The summed E-state index contributed by atoms with van der Waals surface area (Å²) in [5.41, 5.74) is 5.16. The molecule has 102 valence electrons. The number of hydrogen-bond acceptors (Lipinski definition) is 0. The van der Waals surface area contributed by atoms with Gasteiger partial charge in [0.2, 0.25) is 0 Å². The predicted molar refractivity (Wildman–Crippen MR) is 91.7 cm³/mol. The second-order valence-corrected chi connectivity index (χ2v) is 5.04. The molecular formula is C21H18. The molecular weight excluding hydrogens is 252 g/mol. The first kappa shape index (κ1) is 13.4. The molecule has 0 heterocycles. The number of allylic oxidation sites excluding steroid dienone is 7. The maximum Gasteiger partial charge on any atom is -0.00882 e. The van der Waals surface area contributed by atoms with Gasteiger partial charge in [-0.25, -0.2) is 0 Å². The van der Waals surface area contributed by atoms with Crippen LogP contribution in [-0.4, -0.2) is 0 Å². The Kier molecular flexibility index (Phi) is 4.28. The van der Waals surface area contributed by atoms with Crippen LogP contribution in [0.3, 0.4) is 0 Å². The van der Waals surface area contributed by atoms with Crippen LogP contribution < -0.4 is 0 Å². The largest absolute Gasteiger partial charge is 0.0801 e. The number of benzene rings is 2. The Morgan fingerprint density at radius 1 is 0.857 bits per heavy atom. The van der Waals surface area contributed by atoms with Gasteiger partial charge in [-0.05, 0) is 28.7 Å². The normalized spacial score (nSPS) is 14.7. The summed E-state index contributed by atoms with van der Waals surface area (Å²) in [6.07, 6.45) is 14.0. The first-order chi connectivity index (χ1) is 10.4. The molecule has 0 unspecified atom stereocenters. The van der Waals surface area contributed by atoms with Crippen LogP contribution in [0.5, 0.6) is 0 Å². The monoisotopic (exact) mass is 270 g/mol. The van der Waals surface area contributed by atoms with E-state index in [2.05, 4.69) is 91.1 Å². The van der Waals surface area contributed by atoms with Crippen LogP contribution in [-0.2, 0) is 0 Å². The van der Waals surface area contributed by atoms with E-state index in [0.29, 0.717) is 0 Å². The highest BCUT2D eigenvalue weighted by Crippen LogP contribution is 2.28. The predicted octanol–water partition coefficient (Wildman–Crippen LogP) is 5.67. The molecule has 3 rings (SSSR count). The fourth-order valence-electron chi connectivity index (χ4n) is 2.47. The third-order valence-corrected chi connectivity index (χ3v) is 3.55. The average Bonchev–Trinajstić information content (AvgIpc) is 3.07. The minimum absolute atomic E-state index is 1.01. The SMILES string of the molecule is C1=CCC(C(=CC=Cc2ccccc2)c2ccccc2)=C1. The fourth-order valence-corrected chi connectivity index (χ4v) is 2.47. The first-order valence-corrected chi connectivity index (χ1v) is 7.28. The molecule has 0 heteroatoms. The van der Waals surface area contributed by atoms with E-state index in [1.165, 1.54) is 22.3 Å². The van der Waals surface area contributed by atoms with E-state index in [4.69, 9.17) is 0 Å². The number of rotatable bonds is 4. The van der Waals surface area contributed by atoms with Gasteiger partial charge < -0.3 is 0 Å². The molecule has 0 fully saturated rings. The summed E-state index contributed by atoms with van der Waals surface area (Å²) in [5.74, 6) is 0. The van der Waals surface area contributed by atoms with E-state index in [0.717, 1.165) is 6.42 Å². The third kappa shape index (κ3) is 3.49. The Morgan fingerprint density at radius 2 is 1.57 bits per heavy atom. The average molecular weight is 270 g/mol. The van der Waals surface area contributed by atoms with Crippen molar-refractivity contribution in [1.82, 2.24) is 0 Å². The molecule has 0 saturated carbocycles. The maximum absolute atomic E-state index is 2.21. The summed E-state index contributed by atoms with van der Waals surface area (Å²) >= 11 is 0. The van der Waals surface area contributed by atoms with Crippen molar-refractivity contribution in [1.29, 1.82) is 0 Å². The third-order valence-electron chi connectivity index (χ3n) is 3.55. The summed E-state index contributed by atoms with van der Waals surface area (Å²) in [6.45, 7) is 0. The van der Waals surface area contributed by atoms with Gasteiger partial charge in [0.15, 0.2) is 0 Å². The van der Waals surface area contributed by atoms with E-state index < -0.39 is 0 Å². The zero-order chi connectivity index (χ0) is 14.3. The Balaban J connectivity index is 1.89. The molecule has 0 atom stereocenters. The van der Waals surface area contributed by atoms with Crippen molar-refractivity contribution in [2.45, 2.75) is 6.42 Å². The lowest BCUT2D eigenvalue weighted by molar-refractivity contribution is 1.34. The van der Waals surface area contributed by atoms with Crippen LogP contribution in [0.1, 0.15) is 17.5 Å². The van der Waals surface area contributed by atoms with Crippen molar-refractivity contribution >= 4 is 11.6 Å². The van der Waals surface area contributed by atoms with Crippen LogP contribution in [0.2, 0.25) is 0 Å². The zero-order valence-electron chi connectivity index (χ0n) is 11.9. The summed E-state index contributed by atoms with van der Waals surface area (Å²) in [5, 5.41) is 0. The summed E-state index contributed by atoms with van der Waals surface area (Å²) in [6, 6.07) is 21.0. The smallest absolute Gasteiger partial charge is 0.00882 e. The summed E-state index contributed by atoms with van der Waals surface area (Å²) in [7, 11) is 0. The highest BCUT2D eigenvalue weighted by molar-refractivity contribution is 5.82. The van der Waals surface area contributed by atoms with E-state index >= 15 is 0 Å². The van der Waals surface area contributed by atoms with Crippen LogP contribution in [0, 0.1) is 0 Å². The van der Waals surface area contributed by atoms with Crippen molar-refractivity contribution < 1.29 is 0 Å². The molecule has 0 aliphatic heterocycles.